The third-order valence-corrected chi connectivity index (χ3v) is 5.66. The second-order valence-corrected chi connectivity index (χ2v) is 7.61. The van der Waals surface area contributed by atoms with E-state index in [4.69, 9.17) is 0 Å². The fourth-order valence-electron chi connectivity index (χ4n) is 1.82. The Bertz CT molecular complexity index is 730. The Morgan fingerprint density at radius 3 is 2.45 bits per heavy atom. The largest absolute Gasteiger partial charge is 0.279 e. The molecule has 0 atom stereocenters. The molecule has 3 nitrogen and oxygen atoms in total. The van der Waals surface area contributed by atoms with Crippen LogP contribution in [0.2, 0.25) is 0 Å². The summed E-state index contributed by atoms with van der Waals surface area (Å²) < 4.78 is 28.9. The maximum absolute atomic E-state index is 12.4. The fourth-order valence-corrected chi connectivity index (χ4v) is 4.67. The van der Waals surface area contributed by atoms with Gasteiger partial charge in [0.15, 0.2) is 0 Å². The number of sulfonamides is 1. The summed E-state index contributed by atoms with van der Waals surface area (Å²) in [5, 5.41) is 0. The highest BCUT2D eigenvalue weighted by molar-refractivity contribution is 9.11. The Labute approximate surface area is 135 Å². The lowest BCUT2D eigenvalue weighted by Gasteiger charge is -2.12. The number of anilines is 1. The van der Waals surface area contributed by atoms with Gasteiger partial charge in [0.05, 0.1) is 5.69 Å². The number of rotatable bonds is 4. The van der Waals surface area contributed by atoms with Gasteiger partial charge in [-0.25, -0.2) is 8.42 Å². The van der Waals surface area contributed by atoms with Crippen LogP contribution < -0.4 is 4.72 Å². The average molecular weight is 419 g/mol. The van der Waals surface area contributed by atoms with E-state index in [1.165, 1.54) is 0 Å². The number of hydrogen-bond donors (Lipinski definition) is 1. The molecule has 0 heterocycles. The Kier molecular flexibility index (Phi) is 4.88. The van der Waals surface area contributed by atoms with Gasteiger partial charge in [-0.15, -0.1) is 0 Å². The summed E-state index contributed by atoms with van der Waals surface area (Å²) in [6.45, 7) is 1.99. The van der Waals surface area contributed by atoms with E-state index in [0.29, 0.717) is 10.2 Å². The average Bonchev–Trinajstić information content (AvgIpc) is 2.38. The summed E-state index contributed by atoms with van der Waals surface area (Å²) in [5.41, 5.74) is 1.58. The van der Waals surface area contributed by atoms with Crippen LogP contribution in [0.1, 0.15) is 12.5 Å². The monoisotopic (exact) mass is 417 g/mol. The molecule has 0 unspecified atom stereocenters. The van der Waals surface area contributed by atoms with Gasteiger partial charge < -0.3 is 0 Å². The van der Waals surface area contributed by atoms with Crippen LogP contribution in [-0.2, 0) is 16.4 Å². The second-order valence-electron chi connectivity index (χ2n) is 4.19. The van der Waals surface area contributed by atoms with E-state index in [-0.39, 0.29) is 4.90 Å². The SMILES string of the molecule is CCc1ccccc1NS(=O)(=O)c1ccc(Br)cc1Br. The molecule has 0 aliphatic heterocycles. The Morgan fingerprint density at radius 1 is 1.10 bits per heavy atom. The molecule has 6 heteroatoms. The summed E-state index contributed by atoms with van der Waals surface area (Å²) in [6.07, 6.45) is 0.764. The fraction of sp³-hybridized carbons (Fsp3) is 0.143. The molecule has 2 rings (SSSR count). The number of hydrogen-bond acceptors (Lipinski definition) is 2. The first-order valence-electron chi connectivity index (χ1n) is 6.00. The smallest absolute Gasteiger partial charge is 0.263 e. The third-order valence-electron chi connectivity index (χ3n) is 2.83. The van der Waals surface area contributed by atoms with Crippen molar-refractivity contribution in [1.82, 2.24) is 0 Å². The van der Waals surface area contributed by atoms with Gasteiger partial charge in [-0.05, 0) is 52.2 Å². The molecule has 2 aromatic rings. The number of aryl methyl sites for hydroxylation is 1. The highest BCUT2D eigenvalue weighted by Gasteiger charge is 2.18. The van der Waals surface area contributed by atoms with E-state index >= 15 is 0 Å². The zero-order chi connectivity index (χ0) is 14.8. The molecule has 106 valence electrons. The predicted octanol–water partition coefficient (Wildman–Crippen LogP) is 4.57. The summed E-state index contributed by atoms with van der Waals surface area (Å²) >= 11 is 6.59. The Balaban J connectivity index is 2.41. The molecule has 1 N–H and O–H groups in total. The van der Waals surface area contributed by atoms with E-state index in [2.05, 4.69) is 36.6 Å². The van der Waals surface area contributed by atoms with Crippen LogP contribution in [0.15, 0.2) is 56.3 Å². The van der Waals surface area contributed by atoms with Gasteiger partial charge in [0.1, 0.15) is 4.90 Å². The van der Waals surface area contributed by atoms with Crippen LogP contribution in [0.5, 0.6) is 0 Å². The first-order chi connectivity index (χ1) is 9.44. The molecule has 0 saturated carbocycles. The van der Waals surface area contributed by atoms with Gasteiger partial charge in [-0.3, -0.25) is 4.72 Å². The van der Waals surface area contributed by atoms with Crippen molar-refractivity contribution in [2.24, 2.45) is 0 Å². The molecule has 0 saturated heterocycles. The van der Waals surface area contributed by atoms with Crippen LogP contribution in [0.3, 0.4) is 0 Å². The predicted molar refractivity (Wildman–Crippen MR) is 88.5 cm³/mol. The maximum atomic E-state index is 12.4. The van der Waals surface area contributed by atoms with Crippen LogP contribution in [0, 0.1) is 0 Å². The normalized spacial score (nSPS) is 11.3. The van der Waals surface area contributed by atoms with Crippen molar-refractivity contribution in [3.63, 3.8) is 0 Å². The first-order valence-corrected chi connectivity index (χ1v) is 9.06. The van der Waals surface area contributed by atoms with Gasteiger partial charge in [0.2, 0.25) is 0 Å². The van der Waals surface area contributed by atoms with Gasteiger partial charge in [0.25, 0.3) is 10.0 Å². The van der Waals surface area contributed by atoms with Crippen molar-refractivity contribution < 1.29 is 8.42 Å². The topological polar surface area (TPSA) is 46.2 Å². The number of benzene rings is 2. The first kappa shape index (κ1) is 15.5. The molecule has 0 radical (unpaired) electrons. The molecule has 0 spiro atoms. The number of para-hydroxylation sites is 1. The van der Waals surface area contributed by atoms with Crippen molar-refractivity contribution in [1.29, 1.82) is 0 Å². The van der Waals surface area contributed by atoms with Gasteiger partial charge in [-0.1, -0.05) is 41.1 Å². The minimum absolute atomic E-state index is 0.214. The lowest BCUT2D eigenvalue weighted by atomic mass is 10.1. The summed E-state index contributed by atoms with van der Waals surface area (Å²) in [4.78, 5) is 0.214. The standard InChI is InChI=1S/C14H13Br2NO2S/c1-2-10-5-3-4-6-13(10)17-20(18,19)14-8-7-11(15)9-12(14)16/h3-9,17H,2H2,1H3. The summed E-state index contributed by atoms with van der Waals surface area (Å²) in [7, 11) is -3.61. The molecule has 0 aromatic heterocycles. The molecule has 0 aliphatic rings. The highest BCUT2D eigenvalue weighted by atomic mass is 79.9. The highest BCUT2D eigenvalue weighted by Crippen LogP contribution is 2.28. The Hall–Kier alpha value is -0.850. The molecule has 0 bridgehead atoms. The molecule has 0 fully saturated rings. The quantitative estimate of drug-likeness (QED) is 0.789. The molecule has 2 aromatic carbocycles. The second kappa shape index (κ2) is 6.28. The van der Waals surface area contributed by atoms with Crippen molar-refractivity contribution in [2.45, 2.75) is 18.2 Å². The van der Waals surface area contributed by atoms with E-state index < -0.39 is 10.0 Å². The summed E-state index contributed by atoms with van der Waals surface area (Å²) in [6, 6.07) is 12.4. The molecule has 0 amide bonds. The minimum Gasteiger partial charge on any atom is -0.279 e. The van der Waals surface area contributed by atoms with Crippen molar-refractivity contribution >= 4 is 47.6 Å². The zero-order valence-corrected chi connectivity index (χ0v) is 14.7. The van der Waals surface area contributed by atoms with Crippen LogP contribution in [-0.4, -0.2) is 8.42 Å². The number of nitrogens with one attached hydrogen (secondary N) is 1. The minimum atomic E-state index is -3.61. The molecular formula is C14H13Br2NO2S. The lowest BCUT2D eigenvalue weighted by Crippen LogP contribution is -2.14. The molecule has 0 aliphatic carbocycles. The molecular weight excluding hydrogens is 406 g/mol. The van der Waals surface area contributed by atoms with Crippen LogP contribution in [0.4, 0.5) is 5.69 Å². The maximum Gasteiger partial charge on any atom is 0.263 e. The van der Waals surface area contributed by atoms with Gasteiger partial charge in [0, 0.05) is 8.95 Å². The third kappa shape index (κ3) is 3.42. The van der Waals surface area contributed by atoms with E-state index in [1.54, 1.807) is 24.3 Å². The zero-order valence-electron chi connectivity index (χ0n) is 10.7. The lowest BCUT2D eigenvalue weighted by molar-refractivity contribution is 0.600. The molecule has 20 heavy (non-hydrogen) atoms. The van der Waals surface area contributed by atoms with Crippen LogP contribution >= 0.6 is 31.9 Å². The summed E-state index contributed by atoms with van der Waals surface area (Å²) in [5.74, 6) is 0. The van der Waals surface area contributed by atoms with E-state index in [0.717, 1.165) is 16.5 Å². The van der Waals surface area contributed by atoms with Crippen LogP contribution in [0.25, 0.3) is 0 Å². The van der Waals surface area contributed by atoms with Gasteiger partial charge in [-0.2, -0.15) is 0 Å². The Morgan fingerprint density at radius 2 is 1.80 bits per heavy atom. The van der Waals surface area contributed by atoms with E-state index in [1.807, 2.05) is 25.1 Å². The van der Waals surface area contributed by atoms with Crippen molar-refractivity contribution in [3.05, 3.63) is 57.0 Å². The van der Waals surface area contributed by atoms with E-state index in [9.17, 15) is 8.42 Å². The number of halogens is 2. The van der Waals surface area contributed by atoms with Crippen molar-refractivity contribution in [3.8, 4) is 0 Å². The van der Waals surface area contributed by atoms with Crippen molar-refractivity contribution in [2.75, 3.05) is 4.72 Å². The van der Waals surface area contributed by atoms with Gasteiger partial charge >= 0.3 is 0 Å².